The number of nitrogens with one attached hydrogen (secondary N) is 1. The highest BCUT2D eigenvalue weighted by Gasteiger charge is 2.12. The average molecular weight is 484 g/mol. The van der Waals surface area contributed by atoms with Crippen molar-refractivity contribution in [1.82, 2.24) is 9.97 Å². The fraction of sp³-hybridized carbons (Fsp3) is 0.174. The Hall–Kier alpha value is -2.88. The molecule has 0 spiro atoms. The summed E-state index contributed by atoms with van der Waals surface area (Å²) in [7, 11) is 3.20. The van der Waals surface area contributed by atoms with Gasteiger partial charge in [0.2, 0.25) is 5.91 Å². The lowest BCUT2D eigenvalue weighted by atomic mass is 10.2. The van der Waals surface area contributed by atoms with E-state index in [4.69, 9.17) is 9.47 Å². The second-order valence-electron chi connectivity index (χ2n) is 6.82. The minimum absolute atomic E-state index is 0.106. The van der Waals surface area contributed by atoms with E-state index in [-0.39, 0.29) is 12.3 Å². The summed E-state index contributed by atoms with van der Waals surface area (Å²) < 4.78 is 11.7. The van der Waals surface area contributed by atoms with Crippen LogP contribution in [0, 0.1) is 6.92 Å². The molecule has 9 heteroatoms. The van der Waals surface area contributed by atoms with E-state index >= 15 is 0 Å². The molecule has 0 radical (unpaired) electrons. The Morgan fingerprint density at radius 3 is 2.47 bits per heavy atom. The highest BCUT2D eigenvalue weighted by molar-refractivity contribution is 8.01. The summed E-state index contributed by atoms with van der Waals surface area (Å²) in [5.41, 5.74) is 3.43. The monoisotopic (exact) mass is 483 g/mol. The van der Waals surface area contributed by atoms with E-state index in [1.165, 1.54) is 11.3 Å². The highest BCUT2D eigenvalue weighted by atomic mass is 32.2. The van der Waals surface area contributed by atoms with Gasteiger partial charge in [-0.2, -0.15) is 0 Å². The number of carbonyl (C=O) groups is 1. The maximum absolute atomic E-state index is 12.5. The number of aryl methyl sites for hydroxylation is 1. The van der Waals surface area contributed by atoms with Gasteiger partial charge in [-0.3, -0.25) is 4.79 Å². The molecule has 0 aliphatic heterocycles. The van der Waals surface area contributed by atoms with Crippen molar-refractivity contribution in [2.24, 2.45) is 0 Å². The van der Waals surface area contributed by atoms with Crippen LogP contribution in [0.4, 0.5) is 5.69 Å². The van der Waals surface area contributed by atoms with Gasteiger partial charge < -0.3 is 14.8 Å². The molecular formula is C23H21N3O3S3. The Morgan fingerprint density at radius 1 is 1.00 bits per heavy atom. The molecule has 1 amide bonds. The van der Waals surface area contributed by atoms with Gasteiger partial charge in [0.05, 0.1) is 26.3 Å². The molecule has 2 aromatic carbocycles. The molecule has 32 heavy (non-hydrogen) atoms. The molecule has 0 aliphatic rings. The van der Waals surface area contributed by atoms with Crippen molar-refractivity contribution >= 4 is 46.0 Å². The third-order valence-electron chi connectivity index (χ3n) is 4.47. The van der Waals surface area contributed by atoms with E-state index in [1.807, 2.05) is 60.1 Å². The number of hydrogen-bond donors (Lipinski definition) is 1. The first-order chi connectivity index (χ1) is 15.5. The Kier molecular flexibility index (Phi) is 7.09. The molecule has 6 nitrogen and oxygen atoms in total. The molecule has 1 N–H and O–H groups in total. The van der Waals surface area contributed by atoms with Crippen molar-refractivity contribution in [3.05, 3.63) is 64.6 Å². The minimum atomic E-state index is -0.106. The Balaban J connectivity index is 1.36. The average Bonchev–Trinajstić information content (AvgIpc) is 3.43. The number of benzene rings is 2. The van der Waals surface area contributed by atoms with E-state index in [2.05, 4.69) is 15.3 Å². The summed E-state index contributed by atoms with van der Waals surface area (Å²) in [6, 6.07) is 13.4. The molecule has 4 aromatic rings. The van der Waals surface area contributed by atoms with E-state index in [1.54, 1.807) is 37.3 Å². The highest BCUT2D eigenvalue weighted by Crippen LogP contribution is 2.34. The fourth-order valence-corrected chi connectivity index (χ4v) is 5.57. The summed E-state index contributed by atoms with van der Waals surface area (Å²) in [5.74, 6) is 1.20. The van der Waals surface area contributed by atoms with Crippen molar-refractivity contribution in [2.75, 3.05) is 19.5 Å². The third kappa shape index (κ3) is 5.48. The number of nitrogens with zero attached hydrogens (tertiary/aromatic N) is 2. The summed E-state index contributed by atoms with van der Waals surface area (Å²) in [5, 5.41) is 7.70. The quantitative estimate of drug-likeness (QED) is 0.335. The van der Waals surface area contributed by atoms with Crippen LogP contribution in [0.2, 0.25) is 0 Å². The van der Waals surface area contributed by atoms with Gasteiger partial charge in [-0.1, -0.05) is 11.8 Å². The van der Waals surface area contributed by atoms with E-state index < -0.39 is 0 Å². The van der Waals surface area contributed by atoms with Crippen molar-refractivity contribution in [3.63, 3.8) is 0 Å². The largest absolute Gasteiger partial charge is 0.493 e. The van der Waals surface area contributed by atoms with Crippen molar-refractivity contribution in [2.45, 2.75) is 22.6 Å². The number of rotatable bonds is 8. The van der Waals surface area contributed by atoms with Crippen molar-refractivity contribution in [3.8, 4) is 22.1 Å². The van der Waals surface area contributed by atoms with Crippen LogP contribution in [-0.2, 0) is 11.2 Å². The van der Waals surface area contributed by atoms with Crippen molar-refractivity contribution < 1.29 is 14.3 Å². The molecule has 4 rings (SSSR count). The first kappa shape index (κ1) is 22.3. The zero-order chi connectivity index (χ0) is 22.5. The van der Waals surface area contributed by atoms with Gasteiger partial charge in [0, 0.05) is 32.6 Å². The lowest BCUT2D eigenvalue weighted by Crippen LogP contribution is -2.14. The predicted octanol–water partition coefficient (Wildman–Crippen LogP) is 5.92. The first-order valence-electron chi connectivity index (χ1n) is 9.71. The minimum Gasteiger partial charge on any atom is -0.493 e. The smallest absolute Gasteiger partial charge is 0.230 e. The Labute approximate surface area is 198 Å². The third-order valence-corrected chi connectivity index (χ3v) is 7.47. The summed E-state index contributed by atoms with van der Waals surface area (Å²) >= 11 is 4.73. The number of anilines is 1. The van der Waals surface area contributed by atoms with Gasteiger partial charge in [-0.05, 0) is 49.4 Å². The fourth-order valence-electron chi connectivity index (χ4n) is 2.95. The van der Waals surface area contributed by atoms with Crippen LogP contribution in [0.25, 0.3) is 10.6 Å². The zero-order valence-corrected chi connectivity index (χ0v) is 20.2. The standard InChI is InChI=1S/C23H21N3O3S3/c1-14-12-31-23(24-14)32-18-7-5-16(6-8-18)25-21(27)11-17-13-30-22(26-17)15-4-9-19(28-2)20(10-15)29-3/h4-10,12-13H,11H2,1-3H3,(H,25,27). The molecule has 2 aromatic heterocycles. The molecule has 0 aliphatic carbocycles. The van der Waals surface area contributed by atoms with Crippen LogP contribution >= 0.6 is 34.4 Å². The molecule has 0 fully saturated rings. The number of ether oxygens (including phenoxy) is 2. The van der Waals surface area contributed by atoms with Gasteiger partial charge >= 0.3 is 0 Å². The Bertz CT molecular complexity index is 1220. The zero-order valence-electron chi connectivity index (χ0n) is 17.7. The molecule has 0 saturated heterocycles. The summed E-state index contributed by atoms with van der Waals surface area (Å²) in [6.07, 6.45) is 0.207. The van der Waals surface area contributed by atoms with Gasteiger partial charge in [-0.15, -0.1) is 22.7 Å². The summed E-state index contributed by atoms with van der Waals surface area (Å²) in [4.78, 5) is 22.6. The van der Waals surface area contributed by atoms with Crippen LogP contribution in [0.1, 0.15) is 11.4 Å². The van der Waals surface area contributed by atoms with Gasteiger partial charge in [0.1, 0.15) is 5.01 Å². The van der Waals surface area contributed by atoms with Crippen LogP contribution in [0.15, 0.2) is 62.5 Å². The maximum atomic E-state index is 12.5. The van der Waals surface area contributed by atoms with Gasteiger partial charge in [0.15, 0.2) is 15.8 Å². The number of methoxy groups -OCH3 is 2. The van der Waals surface area contributed by atoms with Crippen molar-refractivity contribution in [1.29, 1.82) is 0 Å². The van der Waals surface area contributed by atoms with Gasteiger partial charge in [0.25, 0.3) is 0 Å². The van der Waals surface area contributed by atoms with E-state index in [9.17, 15) is 4.79 Å². The first-order valence-corrected chi connectivity index (χ1v) is 12.3. The topological polar surface area (TPSA) is 73.3 Å². The second-order valence-corrected chi connectivity index (χ2v) is 9.86. The molecule has 2 heterocycles. The van der Waals surface area contributed by atoms with E-state index in [0.29, 0.717) is 11.5 Å². The maximum Gasteiger partial charge on any atom is 0.230 e. The molecule has 0 saturated carbocycles. The molecular weight excluding hydrogens is 462 g/mol. The lowest BCUT2D eigenvalue weighted by Gasteiger charge is -2.08. The van der Waals surface area contributed by atoms with Gasteiger partial charge in [-0.25, -0.2) is 9.97 Å². The van der Waals surface area contributed by atoms with Crippen LogP contribution < -0.4 is 14.8 Å². The number of carbonyl (C=O) groups excluding carboxylic acids is 1. The molecule has 0 bridgehead atoms. The normalized spacial score (nSPS) is 10.7. The lowest BCUT2D eigenvalue weighted by molar-refractivity contribution is -0.115. The van der Waals surface area contributed by atoms with Crippen LogP contribution in [0.5, 0.6) is 11.5 Å². The molecule has 0 atom stereocenters. The number of thiazole rings is 2. The Morgan fingerprint density at radius 2 is 1.78 bits per heavy atom. The number of hydrogen-bond acceptors (Lipinski definition) is 8. The van der Waals surface area contributed by atoms with Crippen LogP contribution in [-0.4, -0.2) is 30.1 Å². The summed E-state index contributed by atoms with van der Waals surface area (Å²) in [6.45, 7) is 1.98. The predicted molar refractivity (Wildman–Crippen MR) is 130 cm³/mol. The molecule has 164 valence electrons. The molecule has 0 unspecified atom stereocenters. The number of amides is 1. The van der Waals surface area contributed by atoms with E-state index in [0.717, 1.165) is 36.9 Å². The second kappa shape index (κ2) is 10.2. The SMILES string of the molecule is COc1ccc(-c2nc(CC(=O)Nc3ccc(Sc4nc(C)cs4)cc3)cs2)cc1OC. The van der Waals surface area contributed by atoms with Crippen LogP contribution in [0.3, 0.4) is 0 Å². The number of aromatic nitrogens is 2.